The molecular formula is C19H20ClNO2S. The van der Waals surface area contributed by atoms with Crippen molar-refractivity contribution in [2.24, 2.45) is 11.3 Å². The van der Waals surface area contributed by atoms with Gasteiger partial charge in [-0.15, -0.1) is 11.3 Å². The first kappa shape index (κ1) is 17.2. The minimum atomic E-state index is -0.313. The van der Waals surface area contributed by atoms with Gasteiger partial charge in [0.05, 0.1) is 5.56 Å². The van der Waals surface area contributed by atoms with Crippen molar-refractivity contribution in [2.45, 2.75) is 34.1 Å². The standard InChI is InChI=1S/C19H20ClNO2S/c1-10-9-19(10,4)18(23)21-17-15(11(2)12(3)24-17)16(22)13-5-7-14(20)8-6-13/h5-8,10H,9H2,1-4H3,(H,21,23)/t10-,19-/m0/s1. The van der Waals surface area contributed by atoms with Crippen molar-refractivity contribution >= 4 is 39.6 Å². The number of hydrogen-bond acceptors (Lipinski definition) is 3. The quantitative estimate of drug-likeness (QED) is 0.757. The Morgan fingerprint density at radius 1 is 1.25 bits per heavy atom. The summed E-state index contributed by atoms with van der Waals surface area (Å²) in [6.45, 7) is 7.94. The largest absolute Gasteiger partial charge is 0.317 e. The van der Waals surface area contributed by atoms with Gasteiger partial charge in [0.15, 0.2) is 5.78 Å². The lowest BCUT2D eigenvalue weighted by Gasteiger charge is -2.12. The van der Waals surface area contributed by atoms with Crippen molar-refractivity contribution in [3.8, 4) is 0 Å². The van der Waals surface area contributed by atoms with Crippen LogP contribution >= 0.6 is 22.9 Å². The van der Waals surface area contributed by atoms with Gasteiger partial charge in [-0.25, -0.2) is 0 Å². The highest BCUT2D eigenvalue weighted by Crippen LogP contribution is 2.52. The van der Waals surface area contributed by atoms with E-state index in [2.05, 4.69) is 12.2 Å². The highest BCUT2D eigenvalue weighted by atomic mass is 35.5. The van der Waals surface area contributed by atoms with Gasteiger partial charge >= 0.3 is 0 Å². The number of nitrogens with one attached hydrogen (secondary N) is 1. The fraction of sp³-hybridized carbons (Fsp3) is 0.368. The second-order valence-electron chi connectivity index (χ2n) is 6.80. The van der Waals surface area contributed by atoms with Crippen LogP contribution in [-0.4, -0.2) is 11.7 Å². The molecule has 0 radical (unpaired) electrons. The van der Waals surface area contributed by atoms with E-state index >= 15 is 0 Å². The normalized spacial score (nSPS) is 22.3. The van der Waals surface area contributed by atoms with E-state index in [1.165, 1.54) is 11.3 Å². The fourth-order valence-corrected chi connectivity index (χ4v) is 4.05. The Kier molecular flexibility index (Phi) is 4.30. The Morgan fingerprint density at radius 3 is 2.38 bits per heavy atom. The average molecular weight is 362 g/mol. The van der Waals surface area contributed by atoms with E-state index in [0.29, 0.717) is 27.1 Å². The van der Waals surface area contributed by atoms with Gasteiger partial charge in [-0.2, -0.15) is 0 Å². The van der Waals surface area contributed by atoms with Crippen LogP contribution < -0.4 is 5.32 Å². The molecule has 0 aliphatic heterocycles. The van der Waals surface area contributed by atoms with E-state index in [4.69, 9.17) is 11.6 Å². The van der Waals surface area contributed by atoms with Crippen molar-refractivity contribution in [3.05, 3.63) is 50.9 Å². The van der Waals surface area contributed by atoms with Crippen LogP contribution in [0.5, 0.6) is 0 Å². The summed E-state index contributed by atoms with van der Waals surface area (Å²) in [5.74, 6) is 0.300. The lowest BCUT2D eigenvalue weighted by atomic mass is 10.0. The molecule has 126 valence electrons. The second kappa shape index (κ2) is 6.01. The van der Waals surface area contributed by atoms with E-state index in [9.17, 15) is 9.59 Å². The molecule has 1 amide bonds. The van der Waals surface area contributed by atoms with Crippen molar-refractivity contribution in [1.29, 1.82) is 0 Å². The molecule has 1 aromatic heterocycles. The Morgan fingerprint density at radius 2 is 1.83 bits per heavy atom. The molecule has 1 saturated carbocycles. The van der Waals surface area contributed by atoms with Gasteiger partial charge in [0.25, 0.3) is 0 Å². The molecule has 0 saturated heterocycles. The lowest BCUT2D eigenvalue weighted by Crippen LogP contribution is -2.23. The summed E-state index contributed by atoms with van der Waals surface area (Å²) in [5, 5.41) is 4.24. The van der Waals surface area contributed by atoms with Crippen LogP contribution in [0, 0.1) is 25.2 Å². The Balaban J connectivity index is 1.94. The van der Waals surface area contributed by atoms with Gasteiger partial charge in [-0.3, -0.25) is 9.59 Å². The number of anilines is 1. The Labute approximate surface area is 151 Å². The molecule has 24 heavy (non-hydrogen) atoms. The van der Waals surface area contributed by atoms with E-state index in [0.717, 1.165) is 16.9 Å². The van der Waals surface area contributed by atoms with Crippen LogP contribution in [0.3, 0.4) is 0 Å². The van der Waals surface area contributed by atoms with Gasteiger partial charge in [0, 0.05) is 20.9 Å². The summed E-state index contributed by atoms with van der Waals surface area (Å²) >= 11 is 7.36. The number of halogens is 1. The van der Waals surface area contributed by atoms with E-state index < -0.39 is 0 Å². The summed E-state index contributed by atoms with van der Waals surface area (Å²) in [7, 11) is 0. The minimum Gasteiger partial charge on any atom is -0.317 e. The van der Waals surface area contributed by atoms with Gasteiger partial charge in [-0.05, 0) is 56.0 Å². The third-order valence-corrected chi connectivity index (χ3v) is 6.50. The summed E-state index contributed by atoms with van der Waals surface area (Å²) in [4.78, 5) is 26.5. The number of ketones is 1. The van der Waals surface area contributed by atoms with Crippen LogP contribution in [0.15, 0.2) is 24.3 Å². The molecule has 2 atom stereocenters. The maximum Gasteiger partial charge on any atom is 0.231 e. The van der Waals surface area contributed by atoms with Crippen LogP contribution in [0.4, 0.5) is 5.00 Å². The molecule has 1 heterocycles. The lowest BCUT2D eigenvalue weighted by molar-refractivity contribution is -0.120. The molecule has 1 aromatic carbocycles. The van der Waals surface area contributed by atoms with Crippen LogP contribution in [-0.2, 0) is 4.79 Å². The van der Waals surface area contributed by atoms with Gasteiger partial charge in [0.2, 0.25) is 5.91 Å². The van der Waals surface area contributed by atoms with Crippen LogP contribution in [0.1, 0.15) is 46.6 Å². The van der Waals surface area contributed by atoms with Crippen molar-refractivity contribution in [3.63, 3.8) is 0 Å². The molecule has 0 bridgehead atoms. The average Bonchev–Trinajstić information content (AvgIpc) is 3.06. The Bertz CT molecular complexity index is 825. The number of amides is 1. The molecule has 1 fully saturated rings. The molecule has 3 rings (SSSR count). The predicted molar refractivity (Wildman–Crippen MR) is 99.2 cm³/mol. The number of benzene rings is 1. The third-order valence-electron chi connectivity index (χ3n) is 5.12. The highest BCUT2D eigenvalue weighted by Gasteiger charge is 2.53. The summed E-state index contributed by atoms with van der Waals surface area (Å²) in [6, 6.07) is 6.84. The first-order valence-electron chi connectivity index (χ1n) is 7.95. The van der Waals surface area contributed by atoms with Gasteiger partial charge in [-0.1, -0.05) is 25.4 Å². The van der Waals surface area contributed by atoms with Crippen LogP contribution in [0.25, 0.3) is 0 Å². The van der Waals surface area contributed by atoms with E-state index in [-0.39, 0.29) is 17.1 Å². The van der Waals surface area contributed by atoms with Crippen molar-refractivity contribution in [2.75, 3.05) is 5.32 Å². The maximum atomic E-state index is 12.9. The summed E-state index contributed by atoms with van der Waals surface area (Å²) in [5.41, 5.74) is 1.77. The number of carbonyl (C=O) groups is 2. The maximum absolute atomic E-state index is 12.9. The highest BCUT2D eigenvalue weighted by molar-refractivity contribution is 7.16. The molecule has 0 spiro atoms. The molecular weight excluding hydrogens is 342 g/mol. The fourth-order valence-electron chi connectivity index (χ4n) is 2.87. The third kappa shape index (κ3) is 2.89. The first-order chi connectivity index (χ1) is 11.2. The van der Waals surface area contributed by atoms with E-state index in [1.54, 1.807) is 24.3 Å². The molecule has 3 nitrogen and oxygen atoms in total. The molecule has 0 unspecified atom stereocenters. The first-order valence-corrected chi connectivity index (χ1v) is 9.15. The molecule has 2 aromatic rings. The predicted octanol–water partition coefficient (Wildman–Crippen LogP) is 5.23. The number of thiophene rings is 1. The molecule has 1 aliphatic rings. The number of carbonyl (C=O) groups excluding carboxylic acids is 2. The smallest absolute Gasteiger partial charge is 0.231 e. The summed E-state index contributed by atoms with van der Waals surface area (Å²) in [6.07, 6.45) is 0.892. The zero-order valence-electron chi connectivity index (χ0n) is 14.2. The molecule has 5 heteroatoms. The summed E-state index contributed by atoms with van der Waals surface area (Å²) < 4.78 is 0. The van der Waals surface area contributed by atoms with Crippen molar-refractivity contribution in [1.82, 2.24) is 0 Å². The van der Waals surface area contributed by atoms with Crippen molar-refractivity contribution < 1.29 is 9.59 Å². The monoisotopic (exact) mass is 361 g/mol. The van der Waals surface area contributed by atoms with E-state index in [1.807, 2.05) is 20.8 Å². The minimum absolute atomic E-state index is 0.00130. The Hall–Kier alpha value is -1.65. The second-order valence-corrected chi connectivity index (χ2v) is 8.46. The topological polar surface area (TPSA) is 46.2 Å². The molecule has 1 aliphatic carbocycles. The number of aryl methyl sites for hydroxylation is 1. The van der Waals surface area contributed by atoms with Crippen LogP contribution in [0.2, 0.25) is 5.02 Å². The SMILES string of the molecule is Cc1sc(NC(=O)[C@@]2(C)C[C@@H]2C)c(C(=O)c2ccc(Cl)cc2)c1C. The molecule has 1 N–H and O–H groups in total. The number of rotatable bonds is 4. The van der Waals surface area contributed by atoms with Gasteiger partial charge < -0.3 is 5.32 Å². The number of hydrogen-bond donors (Lipinski definition) is 1. The zero-order valence-corrected chi connectivity index (χ0v) is 15.8. The van der Waals surface area contributed by atoms with Gasteiger partial charge in [0.1, 0.15) is 5.00 Å². The zero-order chi connectivity index (χ0) is 17.6.